The highest BCUT2D eigenvalue weighted by Crippen LogP contribution is 2.05. The van der Waals surface area contributed by atoms with E-state index in [9.17, 15) is 4.79 Å². The van der Waals surface area contributed by atoms with Crippen molar-refractivity contribution in [2.75, 3.05) is 26.3 Å². The van der Waals surface area contributed by atoms with Crippen LogP contribution in [0.15, 0.2) is 0 Å². The molecule has 2 atom stereocenters. The number of rotatable bonds is 4. The molecular formula is C10H21N3O2. The highest BCUT2D eigenvalue weighted by Gasteiger charge is 2.21. The van der Waals surface area contributed by atoms with Crippen molar-refractivity contribution in [3.63, 3.8) is 0 Å². The van der Waals surface area contributed by atoms with Crippen molar-refractivity contribution in [3.05, 3.63) is 0 Å². The fraction of sp³-hybridized carbons (Fsp3) is 0.900. The molecule has 0 aromatic rings. The lowest BCUT2D eigenvalue weighted by Gasteiger charge is -2.29. The van der Waals surface area contributed by atoms with Gasteiger partial charge >= 0.3 is 0 Å². The van der Waals surface area contributed by atoms with Gasteiger partial charge in [-0.15, -0.1) is 0 Å². The standard InChI is InChI=1S/C10H21N3O2/c1-3-8(2)9(11)10(14)12-13-4-6-15-7-5-13/h8-9H,3-7,11H2,1-2H3,(H,12,14)/t8-,9-/m1/s1. The number of nitrogens with zero attached hydrogens (tertiary/aromatic N) is 1. The second-order valence-electron chi connectivity index (χ2n) is 3.99. The second-order valence-corrected chi connectivity index (χ2v) is 3.99. The number of amides is 1. The largest absolute Gasteiger partial charge is 0.379 e. The molecule has 1 heterocycles. The molecule has 0 aromatic heterocycles. The molecule has 0 aromatic carbocycles. The van der Waals surface area contributed by atoms with Crippen LogP contribution in [0.2, 0.25) is 0 Å². The quantitative estimate of drug-likeness (QED) is 0.677. The molecule has 1 saturated heterocycles. The maximum Gasteiger partial charge on any atom is 0.251 e. The summed E-state index contributed by atoms with van der Waals surface area (Å²) in [5.74, 6) is 0.122. The first-order chi connectivity index (χ1) is 7.15. The van der Waals surface area contributed by atoms with Gasteiger partial charge in [-0.05, 0) is 5.92 Å². The van der Waals surface area contributed by atoms with Crippen LogP contribution in [-0.4, -0.2) is 43.3 Å². The Morgan fingerprint density at radius 2 is 2.13 bits per heavy atom. The van der Waals surface area contributed by atoms with Gasteiger partial charge in [0.05, 0.1) is 19.3 Å². The normalized spacial score (nSPS) is 22.1. The van der Waals surface area contributed by atoms with Gasteiger partial charge in [0, 0.05) is 13.1 Å². The topological polar surface area (TPSA) is 67.6 Å². The van der Waals surface area contributed by atoms with Gasteiger partial charge in [0.1, 0.15) is 0 Å². The lowest BCUT2D eigenvalue weighted by molar-refractivity contribution is -0.130. The van der Waals surface area contributed by atoms with E-state index in [1.54, 1.807) is 0 Å². The molecule has 5 nitrogen and oxygen atoms in total. The number of ether oxygens (including phenoxy) is 1. The third-order valence-electron chi connectivity index (χ3n) is 2.84. The summed E-state index contributed by atoms with van der Waals surface area (Å²) in [6.45, 7) is 6.83. The van der Waals surface area contributed by atoms with Crippen molar-refractivity contribution < 1.29 is 9.53 Å². The van der Waals surface area contributed by atoms with Crippen molar-refractivity contribution in [2.24, 2.45) is 11.7 Å². The van der Waals surface area contributed by atoms with Gasteiger partial charge < -0.3 is 10.5 Å². The zero-order valence-corrected chi connectivity index (χ0v) is 9.53. The molecule has 0 saturated carbocycles. The van der Waals surface area contributed by atoms with Crippen LogP contribution in [0.25, 0.3) is 0 Å². The zero-order chi connectivity index (χ0) is 11.3. The number of nitrogens with two attached hydrogens (primary N) is 1. The summed E-state index contributed by atoms with van der Waals surface area (Å²) >= 11 is 0. The fourth-order valence-corrected chi connectivity index (χ4v) is 1.42. The number of carbonyl (C=O) groups excluding carboxylic acids is 1. The lowest BCUT2D eigenvalue weighted by Crippen LogP contribution is -2.54. The van der Waals surface area contributed by atoms with Gasteiger partial charge in [0.2, 0.25) is 0 Å². The first kappa shape index (κ1) is 12.4. The SMILES string of the molecule is CC[C@@H](C)[C@@H](N)C(=O)NN1CCOCC1. The molecule has 0 radical (unpaired) electrons. The maximum atomic E-state index is 11.7. The summed E-state index contributed by atoms with van der Waals surface area (Å²) in [6.07, 6.45) is 0.914. The minimum absolute atomic E-state index is 0.0914. The molecule has 1 aliphatic rings. The lowest BCUT2D eigenvalue weighted by atomic mass is 10.00. The van der Waals surface area contributed by atoms with Crippen LogP contribution in [-0.2, 0) is 9.53 Å². The molecule has 3 N–H and O–H groups in total. The molecule has 0 aliphatic carbocycles. The number of carbonyl (C=O) groups is 1. The number of hydrogen-bond acceptors (Lipinski definition) is 4. The van der Waals surface area contributed by atoms with Crippen molar-refractivity contribution in [1.29, 1.82) is 0 Å². The van der Waals surface area contributed by atoms with Gasteiger partial charge in [-0.1, -0.05) is 20.3 Å². The van der Waals surface area contributed by atoms with E-state index in [1.807, 2.05) is 18.9 Å². The number of nitrogens with one attached hydrogen (secondary N) is 1. The van der Waals surface area contributed by atoms with E-state index in [0.29, 0.717) is 13.2 Å². The Morgan fingerprint density at radius 1 is 1.53 bits per heavy atom. The van der Waals surface area contributed by atoms with E-state index in [4.69, 9.17) is 10.5 Å². The molecule has 1 rings (SSSR count). The molecule has 1 fully saturated rings. The van der Waals surface area contributed by atoms with E-state index < -0.39 is 6.04 Å². The summed E-state index contributed by atoms with van der Waals surface area (Å²) in [7, 11) is 0. The third kappa shape index (κ3) is 3.77. The fourth-order valence-electron chi connectivity index (χ4n) is 1.42. The predicted octanol–water partition coefficient (Wildman–Crippen LogP) is -0.277. The minimum Gasteiger partial charge on any atom is -0.379 e. The Morgan fingerprint density at radius 3 is 2.67 bits per heavy atom. The number of morpholine rings is 1. The molecule has 1 aliphatic heterocycles. The molecule has 15 heavy (non-hydrogen) atoms. The predicted molar refractivity (Wildman–Crippen MR) is 58.0 cm³/mol. The van der Waals surface area contributed by atoms with Gasteiger partial charge in [-0.3, -0.25) is 10.2 Å². The smallest absolute Gasteiger partial charge is 0.251 e. The Balaban J connectivity index is 2.33. The molecular weight excluding hydrogens is 194 g/mol. The zero-order valence-electron chi connectivity index (χ0n) is 9.53. The van der Waals surface area contributed by atoms with E-state index in [0.717, 1.165) is 19.5 Å². The van der Waals surface area contributed by atoms with Crippen LogP contribution in [0.4, 0.5) is 0 Å². The van der Waals surface area contributed by atoms with Crippen molar-refractivity contribution >= 4 is 5.91 Å². The second kappa shape index (κ2) is 6.05. The Kier molecular flexibility index (Phi) is 5.01. The van der Waals surface area contributed by atoms with Crippen molar-refractivity contribution in [1.82, 2.24) is 10.4 Å². The summed E-state index contributed by atoms with van der Waals surface area (Å²) in [6, 6.07) is -0.419. The summed E-state index contributed by atoms with van der Waals surface area (Å²) in [5.41, 5.74) is 8.64. The monoisotopic (exact) mass is 215 g/mol. The van der Waals surface area contributed by atoms with Gasteiger partial charge in [-0.25, -0.2) is 5.01 Å². The Bertz CT molecular complexity index is 205. The number of hydrogen-bond donors (Lipinski definition) is 2. The van der Waals surface area contributed by atoms with E-state index in [1.165, 1.54) is 0 Å². The maximum absolute atomic E-state index is 11.7. The van der Waals surface area contributed by atoms with Crippen LogP contribution in [0.3, 0.4) is 0 Å². The Hall–Kier alpha value is -0.650. The molecule has 1 amide bonds. The van der Waals surface area contributed by atoms with Crippen LogP contribution >= 0.6 is 0 Å². The van der Waals surface area contributed by atoms with E-state index in [-0.39, 0.29) is 11.8 Å². The Labute approximate surface area is 90.9 Å². The van der Waals surface area contributed by atoms with Crippen LogP contribution in [0.1, 0.15) is 20.3 Å². The van der Waals surface area contributed by atoms with Gasteiger partial charge in [0.25, 0.3) is 5.91 Å². The molecule has 0 bridgehead atoms. The molecule has 88 valence electrons. The van der Waals surface area contributed by atoms with E-state index in [2.05, 4.69) is 5.43 Å². The summed E-state index contributed by atoms with van der Waals surface area (Å²) < 4.78 is 5.19. The molecule has 5 heteroatoms. The molecule has 0 spiro atoms. The number of hydrazine groups is 1. The van der Waals surface area contributed by atoms with E-state index >= 15 is 0 Å². The summed E-state index contributed by atoms with van der Waals surface area (Å²) in [4.78, 5) is 11.7. The summed E-state index contributed by atoms with van der Waals surface area (Å²) in [5, 5.41) is 1.87. The highest BCUT2D eigenvalue weighted by molar-refractivity contribution is 5.81. The van der Waals surface area contributed by atoms with Crippen molar-refractivity contribution in [3.8, 4) is 0 Å². The average molecular weight is 215 g/mol. The molecule has 0 unspecified atom stereocenters. The third-order valence-corrected chi connectivity index (χ3v) is 2.84. The van der Waals surface area contributed by atoms with Gasteiger partial charge in [0.15, 0.2) is 0 Å². The average Bonchev–Trinajstić information content (AvgIpc) is 2.28. The first-order valence-electron chi connectivity index (χ1n) is 5.54. The minimum atomic E-state index is -0.419. The van der Waals surface area contributed by atoms with Crippen molar-refractivity contribution in [2.45, 2.75) is 26.3 Å². The van der Waals surface area contributed by atoms with Crippen LogP contribution < -0.4 is 11.2 Å². The van der Waals surface area contributed by atoms with Crippen LogP contribution in [0.5, 0.6) is 0 Å². The van der Waals surface area contributed by atoms with Gasteiger partial charge in [-0.2, -0.15) is 0 Å². The first-order valence-corrected chi connectivity index (χ1v) is 5.54. The highest BCUT2D eigenvalue weighted by atomic mass is 16.5. The van der Waals surface area contributed by atoms with Crippen LogP contribution in [0, 0.1) is 5.92 Å².